The number of Topliss-reactive ketones (excluding diaryl/α,β-unsaturated/α-hetero) is 1. The first-order chi connectivity index (χ1) is 7.18. The Morgan fingerprint density at radius 2 is 2.27 bits per heavy atom. The zero-order valence-electron chi connectivity index (χ0n) is 7.90. The smallest absolute Gasteiger partial charge is 0.178 e. The van der Waals surface area contributed by atoms with E-state index in [2.05, 4.69) is 25.9 Å². The standard InChI is InChI=1S/C10H7BrN2OS/c1-6(14)9-2-3-12-10(13-9)7-4-15-5-8(7)11/h2-5H,1H3. The third-order valence-electron chi connectivity index (χ3n) is 1.87. The molecule has 2 heterocycles. The van der Waals surface area contributed by atoms with Gasteiger partial charge in [-0.15, -0.1) is 0 Å². The van der Waals surface area contributed by atoms with Crippen LogP contribution in [-0.4, -0.2) is 15.8 Å². The molecule has 0 aliphatic rings. The van der Waals surface area contributed by atoms with Gasteiger partial charge in [-0.3, -0.25) is 4.79 Å². The number of nitrogens with zero attached hydrogens (tertiary/aromatic N) is 2. The number of hydrogen-bond acceptors (Lipinski definition) is 4. The van der Waals surface area contributed by atoms with Crippen molar-refractivity contribution in [2.45, 2.75) is 6.92 Å². The molecular formula is C10H7BrN2OS. The Morgan fingerprint density at radius 1 is 1.47 bits per heavy atom. The molecule has 0 saturated carbocycles. The molecule has 0 N–H and O–H groups in total. The molecule has 0 radical (unpaired) electrons. The summed E-state index contributed by atoms with van der Waals surface area (Å²) in [6, 6.07) is 1.62. The van der Waals surface area contributed by atoms with Crippen molar-refractivity contribution in [2.75, 3.05) is 0 Å². The number of thiophene rings is 1. The molecule has 2 aromatic rings. The summed E-state index contributed by atoms with van der Waals surface area (Å²) < 4.78 is 0.952. The Hall–Kier alpha value is -1.07. The van der Waals surface area contributed by atoms with E-state index in [-0.39, 0.29) is 5.78 Å². The first-order valence-corrected chi connectivity index (χ1v) is 5.98. The molecule has 0 bridgehead atoms. The SMILES string of the molecule is CC(=O)c1ccnc(-c2cscc2Br)n1. The fourth-order valence-electron chi connectivity index (χ4n) is 1.13. The second kappa shape index (κ2) is 4.20. The predicted octanol–water partition coefficient (Wildman–Crippen LogP) is 3.17. The molecule has 0 aliphatic heterocycles. The van der Waals surface area contributed by atoms with Crippen molar-refractivity contribution in [3.63, 3.8) is 0 Å². The van der Waals surface area contributed by atoms with E-state index < -0.39 is 0 Å². The van der Waals surface area contributed by atoms with Crippen molar-refractivity contribution < 1.29 is 4.79 Å². The summed E-state index contributed by atoms with van der Waals surface area (Å²) in [4.78, 5) is 19.5. The van der Waals surface area contributed by atoms with Gasteiger partial charge in [0.1, 0.15) is 5.69 Å². The molecule has 0 aromatic carbocycles. The highest BCUT2D eigenvalue weighted by atomic mass is 79.9. The van der Waals surface area contributed by atoms with Gasteiger partial charge in [0.15, 0.2) is 11.6 Å². The highest BCUT2D eigenvalue weighted by molar-refractivity contribution is 9.10. The monoisotopic (exact) mass is 282 g/mol. The lowest BCUT2D eigenvalue weighted by Crippen LogP contribution is -1.99. The summed E-state index contributed by atoms with van der Waals surface area (Å²) >= 11 is 4.97. The summed E-state index contributed by atoms with van der Waals surface area (Å²) in [5.74, 6) is 0.529. The van der Waals surface area contributed by atoms with Gasteiger partial charge in [0.25, 0.3) is 0 Å². The second-order valence-corrected chi connectivity index (χ2v) is 4.55. The summed E-state index contributed by atoms with van der Waals surface area (Å²) in [7, 11) is 0. The van der Waals surface area contributed by atoms with E-state index in [0.29, 0.717) is 11.5 Å². The van der Waals surface area contributed by atoms with Gasteiger partial charge in [-0.05, 0) is 22.0 Å². The van der Waals surface area contributed by atoms with Crippen molar-refractivity contribution in [1.29, 1.82) is 0 Å². The molecule has 76 valence electrons. The topological polar surface area (TPSA) is 42.9 Å². The van der Waals surface area contributed by atoms with Gasteiger partial charge in [-0.1, -0.05) is 0 Å². The van der Waals surface area contributed by atoms with Crippen LogP contribution in [0.3, 0.4) is 0 Å². The van der Waals surface area contributed by atoms with E-state index in [4.69, 9.17) is 0 Å². The van der Waals surface area contributed by atoms with E-state index in [1.54, 1.807) is 23.6 Å². The maximum Gasteiger partial charge on any atom is 0.178 e. The van der Waals surface area contributed by atoms with E-state index in [9.17, 15) is 4.79 Å². The van der Waals surface area contributed by atoms with Crippen LogP contribution in [0.2, 0.25) is 0 Å². The Kier molecular flexibility index (Phi) is 2.93. The molecule has 2 rings (SSSR count). The summed E-state index contributed by atoms with van der Waals surface area (Å²) in [5, 5.41) is 3.91. The number of hydrogen-bond donors (Lipinski definition) is 0. The van der Waals surface area contributed by atoms with Gasteiger partial charge >= 0.3 is 0 Å². The predicted molar refractivity (Wildman–Crippen MR) is 63.0 cm³/mol. The van der Waals surface area contributed by atoms with Gasteiger partial charge < -0.3 is 0 Å². The average Bonchev–Trinajstić information content (AvgIpc) is 2.64. The molecule has 2 aromatic heterocycles. The van der Waals surface area contributed by atoms with Crippen LogP contribution in [0, 0.1) is 0 Å². The van der Waals surface area contributed by atoms with Crippen LogP contribution >= 0.6 is 27.3 Å². The van der Waals surface area contributed by atoms with Crippen LogP contribution < -0.4 is 0 Å². The minimum Gasteiger partial charge on any atom is -0.293 e. The fourth-order valence-corrected chi connectivity index (χ4v) is 2.58. The van der Waals surface area contributed by atoms with E-state index >= 15 is 0 Å². The van der Waals surface area contributed by atoms with Crippen LogP contribution in [0.15, 0.2) is 27.5 Å². The molecule has 0 aliphatic carbocycles. The number of carbonyl (C=O) groups is 1. The van der Waals surface area contributed by atoms with Crippen molar-refractivity contribution in [3.8, 4) is 11.4 Å². The quantitative estimate of drug-likeness (QED) is 0.795. The zero-order chi connectivity index (χ0) is 10.8. The zero-order valence-corrected chi connectivity index (χ0v) is 10.3. The minimum atomic E-state index is -0.0509. The first-order valence-electron chi connectivity index (χ1n) is 4.24. The van der Waals surface area contributed by atoms with Gasteiger partial charge in [0.05, 0.1) is 0 Å². The molecule has 0 unspecified atom stereocenters. The average molecular weight is 283 g/mol. The first kappa shape index (κ1) is 10.4. The van der Waals surface area contributed by atoms with Gasteiger partial charge in [-0.25, -0.2) is 9.97 Å². The Morgan fingerprint density at radius 3 is 2.87 bits per heavy atom. The van der Waals surface area contributed by atoms with Gasteiger partial charge in [0.2, 0.25) is 0 Å². The molecule has 0 atom stereocenters. The lowest BCUT2D eigenvalue weighted by atomic mass is 10.2. The third kappa shape index (κ3) is 2.13. The van der Waals surface area contributed by atoms with E-state index in [1.165, 1.54) is 6.92 Å². The van der Waals surface area contributed by atoms with Crippen LogP contribution in [0.1, 0.15) is 17.4 Å². The molecule has 15 heavy (non-hydrogen) atoms. The highest BCUT2D eigenvalue weighted by Gasteiger charge is 2.09. The number of rotatable bonds is 2. The van der Waals surface area contributed by atoms with Gasteiger partial charge in [-0.2, -0.15) is 11.3 Å². The Labute approximate surface area is 99.3 Å². The van der Waals surface area contributed by atoms with Crippen LogP contribution in [0.25, 0.3) is 11.4 Å². The number of ketones is 1. The molecule has 0 spiro atoms. The van der Waals surface area contributed by atoms with Crippen molar-refractivity contribution >= 4 is 33.0 Å². The highest BCUT2D eigenvalue weighted by Crippen LogP contribution is 2.29. The molecule has 0 amide bonds. The molecule has 0 saturated heterocycles. The largest absolute Gasteiger partial charge is 0.293 e. The number of carbonyl (C=O) groups excluding carboxylic acids is 1. The van der Waals surface area contributed by atoms with Crippen molar-refractivity contribution in [1.82, 2.24) is 9.97 Å². The molecular weight excluding hydrogens is 276 g/mol. The van der Waals surface area contributed by atoms with Crippen LogP contribution in [-0.2, 0) is 0 Å². The summed E-state index contributed by atoms with van der Waals surface area (Å²) in [6.45, 7) is 1.49. The van der Waals surface area contributed by atoms with Crippen LogP contribution in [0.4, 0.5) is 0 Å². The molecule has 3 nitrogen and oxygen atoms in total. The van der Waals surface area contributed by atoms with E-state index in [0.717, 1.165) is 10.0 Å². The second-order valence-electron chi connectivity index (χ2n) is 2.96. The Bertz CT molecular complexity index is 510. The minimum absolute atomic E-state index is 0.0509. The number of halogens is 1. The fraction of sp³-hybridized carbons (Fsp3) is 0.100. The number of aromatic nitrogens is 2. The van der Waals surface area contributed by atoms with Crippen molar-refractivity contribution in [3.05, 3.63) is 33.2 Å². The van der Waals surface area contributed by atoms with E-state index in [1.807, 2.05) is 10.8 Å². The lowest BCUT2D eigenvalue weighted by molar-refractivity contribution is 0.101. The molecule has 0 fully saturated rings. The maximum absolute atomic E-state index is 11.2. The maximum atomic E-state index is 11.2. The summed E-state index contributed by atoms with van der Waals surface area (Å²) in [6.07, 6.45) is 1.60. The summed E-state index contributed by atoms with van der Waals surface area (Å²) in [5.41, 5.74) is 1.36. The Balaban J connectivity index is 2.50. The lowest BCUT2D eigenvalue weighted by Gasteiger charge is -1.99. The normalized spacial score (nSPS) is 10.3. The van der Waals surface area contributed by atoms with Crippen LogP contribution in [0.5, 0.6) is 0 Å². The molecule has 5 heteroatoms. The third-order valence-corrected chi connectivity index (χ3v) is 3.57. The van der Waals surface area contributed by atoms with Gasteiger partial charge in [0, 0.05) is 33.9 Å². The van der Waals surface area contributed by atoms with Crippen molar-refractivity contribution in [2.24, 2.45) is 0 Å².